The maximum Gasteiger partial charge on any atom is 0.134 e. The summed E-state index contributed by atoms with van der Waals surface area (Å²) < 4.78 is 64.1. The third-order valence-electron chi connectivity index (χ3n) is 15.9. The van der Waals surface area contributed by atoms with E-state index < -0.39 is 34.1 Å². The van der Waals surface area contributed by atoms with Crippen LogP contribution in [0.4, 0.5) is 34.6 Å². The Labute approximate surface area is 420 Å². The summed E-state index contributed by atoms with van der Waals surface area (Å²) in [6.07, 6.45) is 0. The minimum Gasteiger partial charge on any atom is -0.310 e. The summed E-state index contributed by atoms with van der Waals surface area (Å²) in [6.45, 7) is 4.51. The number of benzene rings is 11. The number of hydrogen-bond acceptors (Lipinski definition) is 1. The molecule has 0 N–H and O–H groups in total. The molecule has 14 rings (SSSR count). The predicted molar refractivity (Wildman–Crippen MR) is 289 cm³/mol. The molecule has 0 heterocycles. The Hall–Kier alpha value is -8.80. The molecule has 1 spiro atoms. The van der Waals surface area contributed by atoms with Crippen molar-refractivity contribution in [2.45, 2.75) is 24.7 Å². The van der Waals surface area contributed by atoms with Crippen molar-refractivity contribution in [2.75, 3.05) is 4.90 Å². The largest absolute Gasteiger partial charge is 0.310 e. The predicted octanol–water partition coefficient (Wildman–Crippen LogP) is 18.5. The second kappa shape index (κ2) is 15.9. The van der Waals surface area contributed by atoms with E-state index in [-0.39, 0.29) is 11.1 Å². The van der Waals surface area contributed by atoms with Crippen LogP contribution < -0.4 is 4.90 Å². The van der Waals surface area contributed by atoms with Gasteiger partial charge in [0.25, 0.3) is 0 Å². The van der Waals surface area contributed by atoms with Crippen LogP contribution in [0.2, 0.25) is 0 Å². The summed E-state index contributed by atoms with van der Waals surface area (Å²) in [5, 5.41) is 2.41. The molecule has 0 amide bonds. The molecule has 348 valence electrons. The van der Waals surface area contributed by atoms with E-state index in [0.29, 0.717) is 33.4 Å². The highest BCUT2D eigenvalue weighted by Crippen LogP contribution is 2.66. The molecule has 5 heteroatoms. The molecule has 1 atom stereocenters. The SMILES string of the molecule is CC1(C)c2cc(-c3cccc4c3C3(c5ccccc5-c5c(F)cc(F)cc53)c3cc(F)cc(F)c3-4)ccc2-c2ccc(N(c3ccc(-c4ccccc4)cc3)c3ccc(-c4cccc5ccccc45)cc3)cc21. The topological polar surface area (TPSA) is 3.24 Å². The van der Waals surface area contributed by atoms with Crippen LogP contribution in [0.25, 0.3) is 77.5 Å². The Balaban J connectivity index is 0.906. The van der Waals surface area contributed by atoms with Crippen LogP contribution in [0.15, 0.2) is 224 Å². The fourth-order valence-electron chi connectivity index (χ4n) is 12.7. The van der Waals surface area contributed by atoms with E-state index >= 15 is 17.6 Å². The summed E-state index contributed by atoms with van der Waals surface area (Å²) in [7, 11) is 0. The summed E-state index contributed by atoms with van der Waals surface area (Å²) in [6, 6.07) is 73.7. The van der Waals surface area contributed by atoms with Crippen LogP contribution >= 0.6 is 0 Å². The molecule has 1 unspecified atom stereocenters. The summed E-state index contributed by atoms with van der Waals surface area (Å²) in [5.41, 5.74) is 15.5. The summed E-state index contributed by atoms with van der Waals surface area (Å²) in [5.74, 6) is -2.97. The second-order valence-corrected chi connectivity index (χ2v) is 20.1. The molecule has 73 heavy (non-hydrogen) atoms. The molecule has 0 saturated heterocycles. The molecule has 1 nitrogen and oxygen atoms in total. The quantitative estimate of drug-likeness (QED) is 0.150. The van der Waals surface area contributed by atoms with E-state index in [9.17, 15) is 0 Å². The molecule has 11 aromatic rings. The first-order chi connectivity index (χ1) is 35.6. The highest BCUT2D eigenvalue weighted by Gasteiger charge is 2.55. The van der Waals surface area contributed by atoms with Gasteiger partial charge in [-0.15, -0.1) is 0 Å². The molecule has 0 aromatic heterocycles. The lowest BCUT2D eigenvalue weighted by Gasteiger charge is -2.32. The minimum absolute atomic E-state index is 0.231. The number of fused-ring (bicyclic) bond motifs is 14. The molecule has 0 bridgehead atoms. The van der Waals surface area contributed by atoms with Gasteiger partial charge < -0.3 is 4.90 Å². The van der Waals surface area contributed by atoms with Crippen molar-refractivity contribution in [1.82, 2.24) is 0 Å². The molecule has 11 aromatic carbocycles. The van der Waals surface area contributed by atoms with Gasteiger partial charge in [0.1, 0.15) is 23.3 Å². The van der Waals surface area contributed by atoms with Gasteiger partial charge in [-0.3, -0.25) is 0 Å². The minimum atomic E-state index is -1.42. The van der Waals surface area contributed by atoms with Crippen LogP contribution in [-0.4, -0.2) is 0 Å². The molecule has 3 aliphatic rings. The molecular weight excluding hydrogens is 907 g/mol. The number of halogens is 4. The van der Waals surface area contributed by atoms with E-state index in [4.69, 9.17) is 0 Å². The van der Waals surface area contributed by atoms with Crippen LogP contribution in [-0.2, 0) is 10.8 Å². The van der Waals surface area contributed by atoms with Crippen LogP contribution in [0, 0.1) is 23.3 Å². The zero-order valence-electron chi connectivity index (χ0n) is 39.8. The highest BCUT2D eigenvalue weighted by atomic mass is 19.1. The van der Waals surface area contributed by atoms with E-state index in [1.54, 1.807) is 0 Å². The molecule has 3 aliphatic carbocycles. The number of rotatable bonds is 6. The maximum absolute atomic E-state index is 16.5. The van der Waals surface area contributed by atoms with E-state index in [1.165, 1.54) is 34.0 Å². The van der Waals surface area contributed by atoms with Gasteiger partial charge in [0.2, 0.25) is 0 Å². The Kier molecular flexibility index (Phi) is 9.34. The van der Waals surface area contributed by atoms with Crippen molar-refractivity contribution < 1.29 is 17.6 Å². The third-order valence-corrected chi connectivity index (χ3v) is 15.9. The average Bonchev–Trinajstić information content (AvgIpc) is 3.97. The van der Waals surface area contributed by atoms with E-state index in [2.05, 4.69) is 170 Å². The molecule has 0 saturated carbocycles. The average molecular weight is 950 g/mol. The zero-order chi connectivity index (χ0) is 49.3. The van der Waals surface area contributed by atoms with Crippen LogP contribution in [0.1, 0.15) is 47.2 Å². The molecule has 0 aliphatic heterocycles. The number of anilines is 3. The highest BCUT2D eigenvalue weighted by molar-refractivity contribution is 6.00. The van der Waals surface area contributed by atoms with Gasteiger partial charge in [0.15, 0.2) is 0 Å². The molecular formula is C68H43F4N. The van der Waals surface area contributed by atoms with Gasteiger partial charge in [-0.1, -0.05) is 172 Å². The third kappa shape index (κ3) is 6.21. The smallest absolute Gasteiger partial charge is 0.134 e. The zero-order valence-corrected chi connectivity index (χ0v) is 39.8. The number of nitrogens with zero attached hydrogens (tertiary/aromatic N) is 1. The Morgan fingerprint density at radius 2 is 0.836 bits per heavy atom. The van der Waals surface area contributed by atoms with Crippen molar-refractivity contribution in [3.8, 4) is 66.8 Å². The second-order valence-electron chi connectivity index (χ2n) is 20.1. The lowest BCUT2D eigenvalue weighted by Crippen LogP contribution is -2.27. The summed E-state index contributed by atoms with van der Waals surface area (Å²) in [4.78, 5) is 2.32. The van der Waals surface area contributed by atoms with Crippen molar-refractivity contribution >= 4 is 27.8 Å². The Bertz CT molecular complexity index is 4080. The van der Waals surface area contributed by atoms with Crippen LogP contribution in [0.5, 0.6) is 0 Å². The number of hydrogen-bond donors (Lipinski definition) is 0. The normalized spacial score (nSPS) is 15.2. The van der Waals surface area contributed by atoms with Gasteiger partial charge >= 0.3 is 0 Å². The first-order valence-electron chi connectivity index (χ1n) is 24.7. The maximum atomic E-state index is 16.5. The van der Waals surface area contributed by atoms with Crippen molar-refractivity contribution in [1.29, 1.82) is 0 Å². The first kappa shape index (κ1) is 43.0. The fourth-order valence-corrected chi connectivity index (χ4v) is 12.7. The van der Waals surface area contributed by atoms with E-state index in [0.717, 1.165) is 73.7 Å². The van der Waals surface area contributed by atoms with Gasteiger partial charge in [-0.25, -0.2) is 17.6 Å². The lowest BCUT2D eigenvalue weighted by atomic mass is 9.68. The van der Waals surface area contributed by atoms with Gasteiger partial charge in [-0.05, 0) is 154 Å². The first-order valence-corrected chi connectivity index (χ1v) is 24.7. The van der Waals surface area contributed by atoms with E-state index in [1.807, 2.05) is 48.5 Å². The Morgan fingerprint density at radius 3 is 1.56 bits per heavy atom. The van der Waals surface area contributed by atoms with Gasteiger partial charge in [0, 0.05) is 45.7 Å². The van der Waals surface area contributed by atoms with Crippen LogP contribution in [0.3, 0.4) is 0 Å². The standard InChI is InChI=1S/C68H43F4N/c1-67(2)58-34-44(52-19-11-20-56-65-61(36-46(70)38-63(65)72)68(66(52)56)57-21-9-8-17-55(57)64-60(68)35-45(69)37-62(64)71)26-32-53(58)54-33-31-49(39-59(54)67)73(47-27-22-41(23-28-47)40-12-4-3-5-13-40)48-29-24-43(25-30-48)51-18-10-15-42-14-6-7-16-50(42)51/h3-39H,1-2H3. The summed E-state index contributed by atoms with van der Waals surface area (Å²) >= 11 is 0. The van der Waals surface area contributed by atoms with Gasteiger partial charge in [-0.2, -0.15) is 0 Å². The van der Waals surface area contributed by atoms with Crippen molar-refractivity contribution in [2.24, 2.45) is 0 Å². The fraction of sp³-hybridized carbons (Fsp3) is 0.0588. The van der Waals surface area contributed by atoms with Gasteiger partial charge in [0.05, 0.1) is 5.41 Å². The lowest BCUT2D eigenvalue weighted by molar-refractivity contribution is 0.575. The monoisotopic (exact) mass is 949 g/mol. The Morgan fingerprint density at radius 1 is 0.329 bits per heavy atom. The molecule has 0 fully saturated rings. The van der Waals surface area contributed by atoms with Crippen molar-refractivity contribution in [3.05, 3.63) is 281 Å². The van der Waals surface area contributed by atoms with Crippen molar-refractivity contribution in [3.63, 3.8) is 0 Å². The molecule has 0 radical (unpaired) electrons.